The molecule has 1 aromatic rings. The summed E-state index contributed by atoms with van der Waals surface area (Å²) in [7, 11) is 0. The molecule has 1 aromatic carbocycles. The Morgan fingerprint density at radius 2 is 1.87 bits per heavy atom. The molecule has 0 aliphatic carbocycles. The van der Waals surface area contributed by atoms with E-state index in [1.165, 1.54) is 36.5 Å². The zero-order valence-electron chi connectivity index (χ0n) is 14.1. The lowest BCUT2D eigenvalue weighted by atomic mass is 10.0. The van der Waals surface area contributed by atoms with Crippen molar-refractivity contribution in [2.75, 3.05) is 44.3 Å². The fourth-order valence-corrected chi connectivity index (χ4v) is 5.02. The highest BCUT2D eigenvalue weighted by atomic mass is 32.2. The predicted octanol–water partition coefficient (Wildman–Crippen LogP) is 2.49. The molecule has 23 heavy (non-hydrogen) atoms. The van der Waals surface area contributed by atoms with E-state index >= 15 is 0 Å². The summed E-state index contributed by atoms with van der Waals surface area (Å²) in [5, 5.41) is 9.47. The minimum absolute atomic E-state index is 0.306. The van der Waals surface area contributed by atoms with Gasteiger partial charge < -0.3 is 5.11 Å². The lowest BCUT2D eigenvalue weighted by Gasteiger charge is -2.45. The molecular weight excluding hydrogens is 304 g/mol. The van der Waals surface area contributed by atoms with Gasteiger partial charge in [-0.2, -0.15) is 11.8 Å². The number of piperazine rings is 1. The van der Waals surface area contributed by atoms with Gasteiger partial charge in [0.25, 0.3) is 0 Å². The smallest absolute Gasteiger partial charge is 0.0446 e. The van der Waals surface area contributed by atoms with E-state index in [-0.39, 0.29) is 0 Å². The zero-order valence-corrected chi connectivity index (χ0v) is 14.9. The number of aliphatic hydroxyl groups is 1. The molecule has 2 fully saturated rings. The zero-order chi connectivity index (χ0) is 15.9. The largest absolute Gasteiger partial charge is 0.396 e. The topological polar surface area (TPSA) is 26.7 Å². The fraction of sp³-hybridized carbons (Fsp3) is 0.684. The lowest BCUT2D eigenvalue weighted by molar-refractivity contribution is 0.0346. The Labute approximate surface area is 145 Å². The summed E-state index contributed by atoms with van der Waals surface area (Å²) < 4.78 is 0. The minimum atomic E-state index is 0.306. The molecule has 128 valence electrons. The number of hydrogen-bond donors (Lipinski definition) is 1. The van der Waals surface area contributed by atoms with Crippen LogP contribution in [0.5, 0.6) is 0 Å². The highest BCUT2D eigenvalue weighted by Gasteiger charge is 2.30. The van der Waals surface area contributed by atoms with Crippen molar-refractivity contribution >= 4 is 11.8 Å². The van der Waals surface area contributed by atoms with Crippen molar-refractivity contribution in [3.8, 4) is 0 Å². The number of benzene rings is 1. The summed E-state index contributed by atoms with van der Waals surface area (Å²) in [5.74, 6) is 2.65. The van der Waals surface area contributed by atoms with E-state index in [1.807, 2.05) is 0 Å². The molecule has 0 bridgehead atoms. The SMILES string of the molecule is OCC[C@H]1CN(C2CCSCC2)CCN1CCc1ccccc1. The van der Waals surface area contributed by atoms with Gasteiger partial charge in [-0.15, -0.1) is 0 Å². The molecule has 2 saturated heterocycles. The van der Waals surface area contributed by atoms with Crippen molar-refractivity contribution < 1.29 is 5.11 Å². The van der Waals surface area contributed by atoms with Crippen LogP contribution >= 0.6 is 11.8 Å². The molecule has 2 heterocycles. The molecule has 2 aliphatic heterocycles. The monoisotopic (exact) mass is 334 g/mol. The van der Waals surface area contributed by atoms with Crippen LogP contribution < -0.4 is 0 Å². The molecule has 3 rings (SSSR count). The van der Waals surface area contributed by atoms with E-state index in [0.717, 1.165) is 38.5 Å². The maximum atomic E-state index is 9.47. The van der Waals surface area contributed by atoms with Gasteiger partial charge in [0.1, 0.15) is 0 Å². The van der Waals surface area contributed by atoms with Crippen LogP contribution in [-0.4, -0.2) is 71.3 Å². The average Bonchev–Trinajstić information content (AvgIpc) is 2.62. The first-order chi connectivity index (χ1) is 11.4. The Bertz CT molecular complexity index is 450. The van der Waals surface area contributed by atoms with Crippen LogP contribution in [0.1, 0.15) is 24.8 Å². The summed E-state index contributed by atoms with van der Waals surface area (Å²) in [6, 6.07) is 12.1. The van der Waals surface area contributed by atoms with E-state index in [1.54, 1.807) is 0 Å². The molecule has 0 radical (unpaired) electrons. The van der Waals surface area contributed by atoms with Crippen LogP contribution in [-0.2, 0) is 6.42 Å². The van der Waals surface area contributed by atoms with Crippen LogP contribution in [0.3, 0.4) is 0 Å². The van der Waals surface area contributed by atoms with Gasteiger partial charge in [-0.25, -0.2) is 0 Å². The molecule has 3 nitrogen and oxygen atoms in total. The van der Waals surface area contributed by atoms with Crippen LogP contribution in [0.25, 0.3) is 0 Å². The quantitative estimate of drug-likeness (QED) is 0.865. The van der Waals surface area contributed by atoms with Gasteiger partial charge in [0.15, 0.2) is 0 Å². The van der Waals surface area contributed by atoms with E-state index < -0.39 is 0 Å². The van der Waals surface area contributed by atoms with Crippen LogP contribution in [0, 0.1) is 0 Å². The maximum Gasteiger partial charge on any atom is 0.0446 e. The second-order valence-corrected chi connectivity index (χ2v) is 8.00. The highest BCUT2D eigenvalue weighted by molar-refractivity contribution is 7.99. The molecule has 0 unspecified atom stereocenters. The predicted molar refractivity (Wildman–Crippen MR) is 99.1 cm³/mol. The number of nitrogens with zero attached hydrogens (tertiary/aromatic N) is 2. The van der Waals surface area contributed by atoms with E-state index in [2.05, 4.69) is 51.9 Å². The number of hydrogen-bond acceptors (Lipinski definition) is 4. The van der Waals surface area contributed by atoms with Crippen molar-refractivity contribution in [1.29, 1.82) is 0 Å². The maximum absolute atomic E-state index is 9.47. The van der Waals surface area contributed by atoms with Gasteiger partial charge in [0.2, 0.25) is 0 Å². The Morgan fingerprint density at radius 1 is 1.09 bits per heavy atom. The molecule has 0 saturated carbocycles. The normalized spacial score (nSPS) is 24.8. The second kappa shape index (κ2) is 9.07. The molecule has 0 aromatic heterocycles. The third-order valence-corrected chi connectivity index (χ3v) is 6.38. The molecule has 4 heteroatoms. The Balaban J connectivity index is 1.54. The van der Waals surface area contributed by atoms with Crippen molar-refractivity contribution in [3.05, 3.63) is 35.9 Å². The van der Waals surface area contributed by atoms with Crippen molar-refractivity contribution in [3.63, 3.8) is 0 Å². The Hall–Kier alpha value is -0.550. The van der Waals surface area contributed by atoms with Crippen LogP contribution in [0.2, 0.25) is 0 Å². The summed E-state index contributed by atoms with van der Waals surface area (Å²) in [4.78, 5) is 5.32. The lowest BCUT2D eigenvalue weighted by Crippen LogP contribution is -2.56. The number of rotatable bonds is 6. The van der Waals surface area contributed by atoms with Crippen molar-refractivity contribution in [1.82, 2.24) is 9.80 Å². The Kier molecular flexibility index (Phi) is 6.81. The second-order valence-electron chi connectivity index (χ2n) is 6.78. The van der Waals surface area contributed by atoms with Crippen molar-refractivity contribution in [2.24, 2.45) is 0 Å². The van der Waals surface area contributed by atoms with E-state index in [0.29, 0.717) is 12.6 Å². The van der Waals surface area contributed by atoms with Gasteiger partial charge >= 0.3 is 0 Å². The number of thioether (sulfide) groups is 1. The van der Waals surface area contributed by atoms with Gasteiger partial charge in [-0.1, -0.05) is 30.3 Å². The Morgan fingerprint density at radius 3 is 2.61 bits per heavy atom. The van der Waals surface area contributed by atoms with Crippen molar-refractivity contribution in [2.45, 2.75) is 37.8 Å². The third-order valence-electron chi connectivity index (χ3n) is 5.34. The standard InChI is InChI=1S/C19H30N2OS/c22-13-7-19-16-21(18-8-14-23-15-9-18)12-11-20(19)10-6-17-4-2-1-3-5-17/h1-5,18-19,22H,6-16H2/t19-/m0/s1. The summed E-state index contributed by atoms with van der Waals surface area (Å²) >= 11 is 2.10. The highest BCUT2D eigenvalue weighted by Crippen LogP contribution is 2.25. The fourth-order valence-electron chi connectivity index (χ4n) is 3.93. The summed E-state index contributed by atoms with van der Waals surface area (Å²) in [6.45, 7) is 4.92. The van der Waals surface area contributed by atoms with Gasteiger partial charge in [0, 0.05) is 44.9 Å². The summed E-state index contributed by atoms with van der Waals surface area (Å²) in [6.07, 6.45) is 4.72. The molecule has 2 aliphatic rings. The average molecular weight is 335 g/mol. The molecule has 1 atom stereocenters. The number of aliphatic hydroxyl groups excluding tert-OH is 1. The summed E-state index contributed by atoms with van der Waals surface area (Å²) in [5.41, 5.74) is 1.42. The minimum Gasteiger partial charge on any atom is -0.396 e. The third kappa shape index (κ3) is 4.96. The molecule has 0 spiro atoms. The van der Waals surface area contributed by atoms with Crippen LogP contribution in [0.4, 0.5) is 0 Å². The van der Waals surface area contributed by atoms with Gasteiger partial charge in [-0.3, -0.25) is 9.80 Å². The molecular formula is C19H30N2OS. The van der Waals surface area contributed by atoms with E-state index in [4.69, 9.17) is 0 Å². The molecule has 1 N–H and O–H groups in total. The first kappa shape index (κ1) is 17.3. The van der Waals surface area contributed by atoms with Crippen LogP contribution in [0.15, 0.2) is 30.3 Å². The van der Waals surface area contributed by atoms with Gasteiger partial charge in [0.05, 0.1) is 0 Å². The molecule has 0 amide bonds. The van der Waals surface area contributed by atoms with E-state index in [9.17, 15) is 5.11 Å². The van der Waals surface area contributed by atoms with Gasteiger partial charge in [-0.05, 0) is 42.8 Å². The first-order valence-electron chi connectivity index (χ1n) is 9.07. The first-order valence-corrected chi connectivity index (χ1v) is 10.2.